The second kappa shape index (κ2) is 4.18. The summed E-state index contributed by atoms with van der Waals surface area (Å²) in [6.07, 6.45) is 2.71. The molecule has 0 saturated heterocycles. The number of carboxylic acid groups (broad SMARTS) is 1. The Balaban J connectivity index is 2.64. The fourth-order valence-corrected chi connectivity index (χ4v) is 2.43. The fourth-order valence-electron chi connectivity index (χ4n) is 1.95. The molecular formula is C9H15ClO3. The van der Waals surface area contributed by atoms with Crippen molar-refractivity contribution in [3.8, 4) is 0 Å². The Morgan fingerprint density at radius 1 is 1.69 bits per heavy atom. The van der Waals surface area contributed by atoms with Crippen molar-refractivity contribution in [2.75, 3.05) is 5.88 Å². The Bertz CT molecular complexity index is 195. The van der Waals surface area contributed by atoms with Gasteiger partial charge in [-0.05, 0) is 26.2 Å². The van der Waals surface area contributed by atoms with Crippen LogP contribution in [0.1, 0.15) is 32.6 Å². The third-order valence-electron chi connectivity index (χ3n) is 2.85. The Labute approximate surface area is 83.0 Å². The van der Waals surface area contributed by atoms with Crippen molar-refractivity contribution in [3.05, 3.63) is 0 Å². The molecule has 0 aliphatic heterocycles. The van der Waals surface area contributed by atoms with Crippen molar-refractivity contribution in [1.82, 2.24) is 0 Å². The van der Waals surface area contributed by atoms with Gasteiger partial charge in [0.15, 0.2) is 0 Å². The van der Waals surface area contributed by atoms with E-state index in [0.717, 1.165) is 25.7 Å². The minimum atomic E-state index is -1.19. The maximum atomic E-state index is 10.5. The highest BCUT2D eigenvalue weighted by Crippen LogP contribution is 2.37. The molecule has 13 heavy (non-hydrogen) atoms. The van der Waals surface area contributed by atoms with Crippen LogP contribution in [0.25, 0.3) is 0 Å². The van der Waals surface area contributed by atoms with Gasteiger partial charge >= 0.3 is 6.16 Å². The molecule has 2 atom stereocenters. The minimum Gasteiger partial charge on any atom is -0.450 e. The zero-order chi connectivity index (χ0) is 9.90. The monoisotopic (exact) mass is 206 g/mol. The maximum absolute atomic E-state index is 10.5. The van der Waals surface area contributed by atoms with Gasteiger partial charge < -0.3 is 9.84 Å². The summed E-state index contributed by atoms with van der Waals surface area (Å²) in [4.78, 5) is 10.5. The van der Waals surface area contributed by atoms with Crippen molar-refractivity contribution >= 4 is 17.8 Å². The van der Waals surface area contributed by atoms with E-state index in [0.29, 0.717) is 5.88 Å². The molecule has 1 aliphatic rings. The highest BCUT2D eigenvalue weighted by atomic mass is 35.5. The number of hydrogen-bond acceptors (Lipinski definition) is 2. The molecule has 4 heteroatoms. The maximum Gasteiger partial charge on any atom is 0.506 e. The Morgan fingerprint density at radius 2 is 2.38 bits per heavy atom. The van der Waals surface area contributed by atoms with E-state index in [4.69, 9.17) is 21.4 Å². The van der Waals surface area contributed by atoms with Gasteiger partial charge in [0, 0.05) is 11.8 Å². The topological polar surface area (TPSA) is 46.5 Å². The SMILES string of the molecule is CC1(OC(=O)O)CCCCC1CCl. The second-order valence-electron chi connectivity index (χ2n) is 3.78. The van der Waals surface area contributed by atoms with E-state index in [9.17, 15) is 4.79 Å². The first kappa shape index (κ1) is 10.6. The summed E-state index contributed by atoms with van der Waals surface area (Å²) in [6, 6.07) is 0. The normalized spacial score (nSPS) is 34.2. The predicted octanol–water partition coefficient (Wildman–Crippen LogP) is 2.87. The lowest BCUT2D eigenvalue weighted by Gasteiger charge is -2.38. The number of rotatable bonds is 2. The van der Waals surface area contributed by atoms with E-state index in [1.165, 1.54) is 0 Å². The van der Waals surface area contributed by atoms with Crippen LogP contribution in [0.2, 0.25) is 0 Å². The van der Waals surface area contributed by atoms with Gasteiger partial charge in [0.05, 0.1) is 0 Å². The van der Waals surface area contributed by atoms with E-state index >= 15 is 0 Å². The van der Waals surface area contributed by atoms with Gasteiger partial charge in [-0.15, -0.1) is 11.6 Å². The van der Waals surface area contributed by atoms with Crippen LogP contribution in [0.5, 0.6) is 0 Å². The molecule has 1 aliphatic carbocycles. The third kappa shape index (κ3) is 2.50. The highest BCUT2D eigenvalue weighted by molar-refractivity contribution is 6.18. The Kier molecular flexibility index (Phi) is 3.42. The van der Waals surface area contributed by atoms with E-state index in [2.05, 4.69) is 0 Å². The lowest BCUT2D eigenvalue weighted by atomic mass is 9.77. The third-order valence-corrected chi connectivity index (χ3v) is 3.22. The van der Waals surface area contributed by atoms with E-state index < -0.39 is 11.8 Å². The molecule has 2 unspecified atom stereocenters. The van der Waals surface area contributed by atoms with Gasteiger partial charge in [0.25, 0.3) is 0 Å². The van der Waals surface area contributed by atoms with Crippen LogP contribution in [0.3, 0.4) is 0 Å². The van der Waals surface area contributed by atoms with Gasteiger partial charge in [0.1, 0.15) is 5.60 Å². The number of halogens is 1. The summed E-state index contributed by atoms with van der Waals surface area (Å²) in [7, 11) is 0. The zero-order valence-electron chi connectivity index (χ0n) is 7.75. The molecule has 0 bridgehead atoms. The molecule has 0 aromatic rings. The van der Waals surface area contributed by atoms with E-state index in [1.807, 2.05) is 6.92 Å². The standard InChI is InChI=1S/C9H15ClO3/c1-9(13-8(11)12)5-3-2-4-7(9)6-10/h7H,2-6H2,1H3,(H,11,12). The molecule has 1 N–H and O–H groups in total. The summed E-state index contributed by atoms with van der Waals surface area (Å²) in [5.41, 5.74) is -0.564. The van der Waals surface area contributed by atoms with E-state index in [-0.39, 0.29) is 5.92 Å². The molecule has 0 heterocycles. The zero-order valence-corrected chi connectivity index (χ0v) is 8.51. The number of alkyl halides is 1. The van der Waals surface area contributed by atoms with Gasteiger partial charge in [-0.2, -0.15) is 0 Å². The summed E-state index contributed by atoms with van der Waals surface area (Å²) in [5.74, 6) is 0.642. The largest absolute Gasteiger partial charge is 0.506 e. The minimum absolute atomic E-state index is 0.166. The van der Waals surface area contributed by atoms with Crippen molar-refractivity contribution in [2.24, 2.45) is 5.92 Å². The molecule has 0 radical (unpaired) electrons. The van der Waals surface area contributed by atoms with Crippen molar-refractivity contribution in [3.63, 3.8) is 0 Å². The molecule has 0 amide bonds. The van der Waals surface area contributed by atoms with Gasteiger partial charge in [-0.1, -0.05) is 6.42 Å². The van der Waals surface area contributed by atoms with Crippen molar-refractivity contribution in [2.45, 2.75) is 38.2 Å². The van der Waals surface area contributed by atoms with Crippen molar-refractivity contribution < 1.29 is 14.6 Å². The first-order valence-corrected chi connectivity index (χ1v) is 5.10. The van der Waals surface area contributed by atoms with E-state index in [1.54, 1.807) is 0 Å². The average Bonchev–Trinajstić information content (AvgIpc) is 2.03. The first-order chi connectivity index (χ1) is 6.08. The van der Waals surface area contributed by atoms with Crippen LogP contribution in [0, 0.1) is 5.92 Å². The fraction of sp³-hybridized carbons (Fsp3) is 0.889. The second-order valence-corrected chi connectivity index (χ2v) is 4.09. The molecule has 0 spiro atoms. The molecule has 1 saturated carbocycles. The lowest BCUT2D eigenvalue weighted by molar-refractivity contribution is -0.0594. The summed E-state index contributed by atoms with van der Waals surface area (Å²) in [6.45, 7) is 1.84. The molecule has 0 aromatic heterocycles. The Morgan fingerprint density at radius 3 is 2.92 bits per heavy atom. The highest BCUT2D eigenvalue weighted by Gasteiger charge is 2.39. The molecule has 0 aromatic carbocycles. The van der Waals surface area contributed by atoms with Crippen LogP contribution in [-0.2, 0) is 4.74 Å². The van der Waals surface area contributed by atoms with Crippen LogP contribution in [-0.4, -0.2) is 22.7 Å². The Hall–Kier alpha value is -0.440. The molecule has 76 valence electrons. The molecule has 1 fully saturated rings. The van der Waals surface area contributed by atoms with Gasteiger partial charge in [0.2, 0.25) is 0 Å². The van der Waals surface area contributed by atoms with Crippen LogP contribution in [0.4, 0.5) is 4.79 Å². The molecule has 3 nitrogen and oxygen atoms in total. The summed E-state index contributed by atoms with van der Waals surface area (Å²) >= 11 is 5.78. The number of carbonyl (C=O) groups is 1. The smallest absolute Gasteiger partial charge is 0.450 e. The van der Waals surface area contributed by atoms with Gasteiger partial charge in [-0.25, -0.2) is 4.79 Å². The van der Waals surface area contributed by atoms with Crippen LogP contribution >= 0.6 is 11.6 Å². The van der Waals surface area contributed by atoms with Crippen LogP contribution < -0.4 is 0 Å². The van der Waals surface area contributed by atoms with Crippen molar-refractivity contribution in [1.29, 1.82) is 0 Å². The van der Waals surface area contributed by atoms with Crippen LogP contribution in [0.15, 0.2) is 0 Å². The average molecular weight is 207 g/mol. The lowest BCUT2D eigenvalue weighted by Crippen LogP contribution is -2.42. The number of hydrogen-bond donors (Lipinski definition) is 1. The summed E-state index contributed by atoms with van der Waals surface area (Å²) in [5, 5.41) is 8.58. The van der Waals surface area contributed by atoms with Gasteiger partial charge in [-0.3, -0.25) is 0 Å². The molecular weight excluding hydrogens is 192 g/mol. The first-order valence-electron chi connectivity index (χ1n) is 4.56. The quantitative estimate of drug-likeness (QED) is 0.558. The number of ether oxygens (including phenoxy) is 1. The molecule has 1 rings (SSSR count). The predicted molar refractivity (Wildman–Crippen MR) is 50.2 cm³/mol. The summed E-state index contributed by atoms with van der Waals surface area (Å²) < 4.78 is 4.91.